The molecule has 1 heteroatoms. The molecule has 1 heterocycles. The van der Waals surface area contributed by atoms with Gasteiger partial charge in [-0.05, 0) is 22.7 Å². The maximum Gasteiger partial charge on any atom is 0.0459 e. The van der Waals surface area contributed by atoms with Gasteiger partial charge in [-0.15, -0.1) is 0 Å². The first-order valence-electron chi connectivity index (χ1n) is 6.85. The summed E-state index contributed by atoms with van der Waals surface area (Å²) in [7, 11) is 0. The van der Waals surface area contributed by atoms with Crippen LogP contribution in [0.3, 0.4) is 0 Å². The molecule has 0 radical (unpaired) electrons. The Hall–Kier alpha value is -0.330. The van der Waals surface area contributed by atoms with Crippen LogP contribution < -0.4 is 0 Å². The van der Waals surface area contributed by atoms with Crippen LogP contribution in [0.15, 0.2) is 4.99 Å². The van der Waals surface area contributed by atoms with Crippen LogP contribution in [0.4, 0.5) is 0 Å². The SMILES string of the molecule is CC(C)(C)C1=NCC(C(C)(C)C)(C(C)(C)C)C1. The van der Waals surface area contributed by atoms with Gasteiger partial charge < -0.3 is 0 Å². The minimum absolute atomic E-state index is 0.220. The predicted molar refractivity (Wildman–Crippen MR) is 77.7 cm³/mol. The molecular weight excluding hydrogens is 206 g/mol. The van der Waals surface area contributed by atoms with Crippen LogP contribution in [0.2, 0.25) is 0 Å². The molecule has 0 bridgehead atoms. The third-order valence-electron chi connectivity index (χ3n) is 4.75. The maximum absolute atomic E-state index is 4.91. The van der Waals surface area contributed by atoms with Crippen LogP contribution in [0, 0.1) is 21.7 Å². The van der Waals surface area contributed by atoms with Gasteiger partial charge >= 0.3 is 0 Å². The first-order chi connectivity index (χ1) is 7.31. The smallest absolute Gasteiger partial charge is 0.0459 e. The van der Waals surface area contributed by atoms with Crippen molar-refractivity contribution in [3.63, 3.8) is 0 Å². The predicted octanol–water partition coefficient (Wildman–Crippen LogP) is 4.96. The second kappa shape index (κ2) is 3.83. The molecule has 0 amide bonds. The van der Waals surface area contributed by atoms with E-state index in [0.29, 0.717) is 16.2 Å². The fourth-order valence-electron chi connectivity index (χ4n) is 3.26. The molecule has 1 aliphatic heterocycles. The first-order valence-corrected chi connectivity index (χ1v) is 6.85. The Morgan fingerprint density at radius 1 is 0.824 bits per heavy atom. The Morgan fingerprint density at radius 2 is 1.24 bits per heavy atom. The molecule has 17 heavy (non-hydrogen) atoms. The highest BCUT2D eigenvalue weighted by Gasteiger charge is 2.54. The fourth-order valence-corrected chi connectivity index (χ4v) is 3.26. The molecule has 0 spiro atoms. The molecule has 0 aromatic rings. The van der Waals surface area contributed by atoms with Crippen molar-refractivity contribution >= 4 is 5.71 Å². The van der Waals surface area contributed by atoms with E-state index in [-0.39, 0.29) is 5.41 Å². The Bertz CT molecular complexity index is 301. The average molecular weight is 237 g/mol. The topological polar surface area (TPSA) is 12.4 Å². The summed E-state index contributed by atoms with van der Waals surface area (Å²) in [6.07, 6.45) is 1.16. The molecular formula is C16H31N. The summed E-state index contributed by atoms with van der Waals surface area (Å²) in [5, 5.41) is 0. The molecule has 100 valence electrons. The van der Waals surface area contributed by atoms with E-state index in [1.54, 1.807) is 0 Å². The Balaban J connectivity index is 3.13. The van der Waals surface area contributed by atoms with Crippen molar-refractivity contribution in [2.45, 2.75) is 68.7 Å². The number of nitrogens with zero attached hydrogens (tertiary/aromatic N) is 1. The van der Waals surface area contributed by atoms with Crippen molar-refractivity contribution < 1.29 is 0 Å². The zero-order valence-corrected chi connectivity index (χ0v) is 13.4. The third-order valence-corrected chi connectivity index (χ3v) is 4.75. The monoisotopic (exact) mass is 237 g/mol. The van der Waals surface area contributed by atoms with Crippen LogP contribution in [0.1, 0.15) is 68.7 Å². The van der Waals surface area contributed by atoms with E-state index in [4.69, 9.17) is 4.99 Å². The Morgan fingerprint density at radius 3 is 1.41 bits per heavy atom. The second-order valence-corrected chi connectivity index (χ2v) is 8.77. The Kier molecular flexibility index (Phi) is 3.32. The largest absolute Gasteiger partial charge is 0.293 e. The summed E-state index contributed by atoms with van der Waals surface area (Å²) in [6.45, 7) is 22.1. The molecule has 0 atom stereocenters. The summed E-state index contributed by atoms with van der Waals surface area (Å²) in [5.41, 5.74) is 2.51. The van der Waals surface area contributed by atoms with Crippen LogP contribution >= 0.6 is 0 Å². The highest BCUT2D eigenvalue weighted by molar-refractivity contribution is 5.91. The fraction of sp³-hybridized carbons (Fsp3) is 0.938. The molecule has 0 aliphatic carbocycles. The van der Waals surface area contributed by atoms with E-state index in [0.717, 1.165) is 13.0 Å². The summed E-state index contributed by atoms with van der Waals surface area (Å²) in [5.74, 6) is 0. The molecule has 0 aromatic carbocycles. The minimum Gasteiger partial charge on any atom is -0.293 e. The lowest BCUT2D eigenvalue weighted by Gasteiger charge is -2.51. The zero-order chi connectivity index (χ0) is 13.7. The van der Waals surface area contributed by atoms with Crippen LogP contribution in [-0.4, -0.2) is 12.3 Å². The van der Waals surface area contributed by atoms with Crippen molar-refractivity contribution in [2.75, 3.05) is 6.54 Å². The summed E-state index contributed by atoms with van der Waals surface area (Å²) >= 11 is 0. The number of hydrogen-bond acceptors (Lipinski definition) is 1. The molecule has 0 saturated heterocycles. The van der Waals surface area contributed by atoms with Crippen LogP contribution in [0.25, 0.3) is 0 Å². The highest BCUT2D eigenvalue weighted by atomic mass is 14.9. The van der Waals surface area contributed by atoms with Gasteiger partial charge in [0.2, 0.25) is 0 Å². The van der Waals surface area contributed by atoms with E-state index < -0.39 is 0 Å². The van der Waals surface area contributed by atoms with Crippen LogP contribution in [-0.2, 0) is 0 Å². The lowest BCUT2D eigenvalue weighted by Crippen LogP contribution is -2.48. The normalized spacial score (nSPS) is 21.6. The van der Waals surface area contributed by atoms with Crippen molar-refractivity contribution in [2.24, 2.45) is 26.7 Å². The Labute approximate surface area is 108 Å². The molecule has 1 nitrogen and oxygen atoms in total. The molecule has 0 fully saturated rings. The van der Waals surface area contributed by atoms with Crippen molar-refractivity contribution in [3.05, 3.63) is 0 Å². The van der Waals surface area contributed by atoms with Gasteiger partial charge in [-0.25, -0.2) is 0 Å². The number of rotatable bonds is 0. The number of hydrogen-bond donors (Lipinski definition) is 0. The zero-order valence-electron chi connectivity index (χ0n) is 13.4. The van der Waals surface area contributed by atoms with Gasteiger partial charge in [0.1, 0.15) is 0 Å². The van der Waals surface area contributed by atoms with E-state index in [1.165, 1.54) is 5.71 Å². The molecule has 0 N–H and O–H groups in total. The van der Waals surface area contributed by atoms with E-state index in [9.17, 15) is 0 Å². The molecule has 1 aliphatic rings. The van der Waals surface area contributed by atoms with Gasteiger partial charge in [-0.3, -0.25) is 4.99 Å². The standard InChI is InChI=1S/C16H31N/c1-13(2,3)12-10-16(11-17-12,14(4,5)6)15(7,8)9/h10-11H2,1-9H3. The summed E-state index contributed by atoms with van der Waals surface area (Å²) < 4.78 is 0. The number of aliphatic imine (C=N–C) groups is 1. The molecule has 0 unspecified atom stereocenters. The third kappa shape index (κ3) is 2.44. The van der Waals surface area contributed by atoms with Gasteiger partial charge in [-0.1, -0.05) is 62.3 Å². The van der Waals surface area contributed by atoms with Crippen molar-refractivity contribution in [3.8, 4) is 0 Å². The first kappa shape index (κ1) is 14.7. The molecule has 1 rings (SSSR count). The quantitative estimate of drug-likeness (QED) is 0.565. The van der Waals surface area contributed by atoms with E-state index >= 15 is 0 Å². The van der Waals surface area contributed by atoms with Gasteiger partial charge in [0.15, 0.2) is 0 Å². The van der Waals surface area contributed by atoms with Gasteiger partial charge in [0.25, 0.3) is 0 Å². The lowest BCUT2D eigenvalue weighted by molar-refractivity contribution is -0.00900. The van der Waals surface area contributed by atoms with Gasteiger partial charge in [0.05, 0.1) is 0 Å². The second-order valence-electron chi connectivity index (χ2n) is 8.77. The van der Waals surface area contributed by atoms with Gasteiger partial charge in [0, 0.05) is 17.7 Å². The minimum atomic E-state index is 0.220. The highest BCUT2D eigenvalue weighted by Crippen LogP contribution is 2.57. The summed E-state index contributed by atoms with van der Waals surface area (Å²) in [4.78, 5) is 4.91. The lowest BCUT2D eigenvalue weighted by atomic mass is 9.52. The van der Waals surface area contributed by atoms with Crippen molar-refractivity contribution in [1.82, 2.24) is 0 Å². The van der Waals surface area contributed by atoms with Crippen molar-refractivity contribution in [1.29, 1.82) is 0 Å². The average Bonchev–Trinajstić information content (AvgIpc) is 2.43. The summed E-state index contributed by atoms with van der Waals surface area (Å²) in [6, 6.07) is 0. The molecule has 0 aromatic heterocycles. The van der Waals surface area contributed by atoms with Gasteiger partial charge in [-0.2, -0.15) is 0 Å². The maximum atomic E-state index is 4.91. The van der Waals surface area contributed by atoms with Crippen LogP contribution in [0.5, 0.6) is 0 Å². The molecule has 0 saturated carbocycles. The van der Waals surface area contributed by atoms with E-state index in [2.05, 4.69) is 62.3 Å². The van der Waals surface area contributed by atoms with E-state index in [1.807, 2.05) is 0 Å².